The standard InChI is InChI=1S/C23H24N4O4/c1-28-18-8-6-5-7-16(18)17-14-26-23-22(24-9-10-27(17)23)25-13-15-11-19(29-2)21(31-4)20(12-15)30-3/h5-12,14H,13H2,1-4H3,(H,24,25). The minimum Gasteiger partial charge on any atom is -0.496 e. The summed E-state index contributed by atoms with van der Waals surface area (Å²) in [6, 6.07) is 11.7. The third-order valence-electron chi connectivity index (χ3n) is 5.00. The molecule has 0 saturated heterocycles. The largest absolute Gasteiger partial charge is 0.496 e. The molecular weight excluding hydrogens is 396 g/mol. The number of imidazole rings is 1. The lowest BCUT2D eigenvalue weighted by molar-refractivity contribution is 0.324. The molecule has 8 nitrogen and oxygen atoms in total. The Morgan fingerprint density at radius 3 is 2.26 bits per heavy atom. The van der Waals surface area contributed by atoms with E-state index in [1.54, 1.807) is 34.6 Å². The molecule has 4 rings (SSSR count). The van der Waals surface area contributed by atoms with E-state index in [9.17, 15) is 0 Å². The van der Waals surface area contributed by atoms with Gasteiger partial charge >= 0.3 is 0 Å². The van der Waals surface area contributed by atoms with Crippen LogP contribution in [-0.4, -0.2) is 42.8 Å². The average Bonchev–Trinajstić information content (AvgIpc) is 3.26. The van der Waals surface area contributed by atoms with E-state index in [0.29, 0.717) is 29.6 Å². The minimum atomic E-state index is 0.500. The second-order valence-electron chi connectivity index (χ2n) is 6.70. The number of hydrogen-bond donors (Lipinski definition) is 1. The summed E-state index contributed by atoms with van der Waals surface area (Å²) in [5.74, 6) is 3.21. The normalized spacial score (nSPS) is 10.7. The number of nitrogens with zero attached hydrogens (tertiary/aromatic N) is 3. The first kappa shape index (κ1) is 20.3. The van der Waals surface area contributed by atoms with Crippen LogP contribution in [0.4, 0.5) is 5.82 Å². The Morgan fingerprint density at radius 2 is 1.58 bits per heavy atom. The number of ether oxygens (including phenoxy) is 4. The van der Waals surface area contributed by atoms with Gasteiger partial charge in [-0.15, -0.1) is 0 Å². The maximum Gasteiger partial charge on any atom is 0.203 e. The Balaban J connectivity index is 1.66. The molecule has 0 radical (unpaired) electrons. The predicted molar refractivity (Wildman–Crippen MR) is 118 cm³/mol. The molecule has 0 fully saturated rings. The fraction of sp³-hybridized carbons (Fsp3) is 0.217. The lowest BCUT2D eigenvalue weighted by atomic mass is 10.1. The van der Waals surface area contributed by atoms with Gasteiger partial charge in [0.1, 0.15) is 5.75 Å². The van der Waals surface area contributed by atoms with E-state index >= 15 is 0 Å². The van der Waals surface area contributed by atoms with Gasteiger partial charge in [0.15, 0.2) is 23.0 Å². The van der Waals surface area contributed by atoms with Crippen LogP contribution in [0.15, 0.2) is 55.0 Å². The molecular formula is C23H24N4O4. The summed E-state index contributed by atoms with van der Waals surface area (Å²) in [4.78, 5) is 9.07. The zero-order valence-electron chi connectivity index (χ0n) is 17.9. The highest BCUT2D eigenvalue weighted by Crippen LogP contribution is 2.38. The van der Waals surface area contributed by atoms with Crippen molar-refractivity contribution in [3.8, 4) is 34.3 Å². The van der Waals surface area contributed by atoms with Crippen LogP contribution in [0.25, 0.3) is 16.9 Å². The van der Waals surface area contributed by atoms with Gasteiger partial charge in [0.25, 0.3) is 0 Å². The van der Waals surface area contributed by atoms with Crippen molar-refractivity contribution in [1.29, 1.82) is 0 Å². The maximum atomic E-state index is 5.51. The molecule has 1 N–H and O–H groups in total. The molecule has 0 amide bonds. The van der Waals surface area contributed by atoms with E-state index in [-0.39, 0.29) is 0 Å². The molecule has 4 aromatic rings. The minimum absolute atomic E-state index is 0.500. The molecule has 0 saturated carbocycles. The summed E-state index contributed by atoms with van der Waals surface area (Å²) in [6.45, 7) is 0.500. The molecule has 0 bridgehead atoms. The summed E-state index contributed by atoms with van der Waals surface area (Å²) in [6.07, 6.45) is 5.44. The highest BCUT2D eigenvalue weighted by atomic mass is 16.5. The van der Waals surface area contributed by atoms with E-state index in [2.05, 4.69) is 15.3 Å². The van der Waals surface area contributed by atoms with Crippen LogP contribution in [-0.2, 0) is 6.54 Å². The maximum absolute atomic E-state index is 5.51. The van der Waals surface area contributed by atoms with Crippen molar-refractivity contribution in [2.75, 3.05) is 33.8 Å². The van der Waals surface area contributed by atoms with Gasteiger partial charge in [-0.3, -0.25) is 4.40 Å². The Labute approximate surface area is 180 Å². The van der Waals surface area contributed by atoms with Gasteiger partial charge in [-0.25, -0.2) is 9.97 Å². The zero-order chi connectivity index (χ0) is 21.8. The van der Waals surface area contributed by atoms with Crippen molar-refractivity contribution in [2.45, 2.75) is 6.54 Å². The monoisotopic (exact) mass is 420 g/mol. The Kier molecular flexibility index (Phi) is 5.79. The Hall–Kier alpha value is -3.94. The first-order chi connectivity index (χ1) is 15.2. The summed E-state index contributed by atoms with van der Waals surface area (Å²) in [5.41, 5.74) is 3.55. The Morgan fingerprint density at radius 1 is 0.871 bits per heavy atom. The van der Waals surface area contributed by atoms with Crippen molar-refractivity contribution < 1.29 is 18.9 Å². The second-order valence-corrected chi connectivity index (χ2v) is 6.70. The number of fused-ring (bicyclic) bond motifs is 1. The molecule has 0 spiro atoms. The molecule has 0 aliphatic rings. The van der Waals surface area contributed by atoms with Gasteiger partial charge in [-0.05, 0) is 29.8 Å². The molecule has 2 aromatic heterocycles. The lowest BCUT2D eigenvalue weighted by Crippen LogP contribution is -2.05. The fourth-order valence-electron chi connectivity index (χ4n) is 3.52. The quantitative estimate of drug-likeness (QED) is 0.461. The van der Waals surface area contributed by atoms with E-state index in [4.69, 9.17) is 18.9 Å². The first-order valence-electron chi connectivity index (χ1n) is 9.68. The fourth-order valence-corrected chi connectivity index (χ4v) is 3.52. The number of rotatable bonds is 8. The highest BCUT2D eigenvalue weighted by Gasteiger charge is 2.15. The van der Waals surface area contributed by atoms with Gasteiger partial charge in [0, 0.05) is 24.5 Å². The van der Waals surface area contributed by atoms with E-state index < -0.39 is 0 Å². The number of methoxy groups -OCH3 is 4. The number of benzene rings is 2. The van der Waals surface area contributed by atoms with Crippen LogP contribution < -0.4 is 24.3 Å². The predicted octanol–water partition coefficient (Wildman–Crippen LogP) is 4.04. The van der Waals surface area contributed by atoms with Gasteiger partial charge in [-0.2, -0.15) is 0 Å². The van der Waals surface area contributed by atoms with Crippen molar-refractivity contribution >= 4 is 11.5 Å². The highest BCUT2D eigenvalue weighted by molar-refractivity contribution is 5.74. The van der Waals surface area contributed by atoms with E-state index in [1.165, 1.54) is 0 Å². The van der Waals surface area contributed by atoms with Crippen molar-refractivity contribution in [3.63, 3.8) is 0 Å². The molecule has 0 unspecified atom stereocenters. The van der Waals surface area contributed by atoms with Crippen molar-refractivity contribution in [1.82, 2.24) is 14.4 Å². The summed E-state index contributed by atoms with van der Waals surface area (Å²) in [5, 5.41) is 3.36. The average molecular weight is 420 g/mol. The molecule has 8 heteroatoms. The van der Waals surface area contributed by atoms with Gasteiger partial charge in [-0.1, -0.05) is 12.1 Å². The SMILES string of the molecule is COc1ccccc1-c1cnc2c(NCc3cc(OC)c(OC)c(OC)c3)nccn12. The van der Waals surface area contributed by atoms with Crippen molar-refractivity contribution in [3.05, 3.63) is 60.6 Å². The lowest BCUT2D eigenvalue weighted by Gasteiger charge is -2.15. The molecule has 0 aliphatic carbocycles. The number of aromatic nitrogens is 3. The van der Waals surface area contributed by atoms with Gasteiger partial charge in [0.05, 0.1) is 40.3 Å². The summed E-state index contributed by atoms with van der Waals surface area (Å²) >= 11 is 0. The smallest absolute Gasteiger partial charge is 0.203 e. The molecule has 0 aliphatic heterocycles. The molecule has 2 heterocycles. The van der Waals surface area contributed by atoms with Crippen molar-refractivity contribution in [2.24, 2.45) is 0 Å². The van der Waals surface area contributed by atoms with Crippen LogP contribution in [0.5, 0.6) is 23.0 Å². The second kappa shape index (κ2) is 8.83. The van der Waals surface area contributed by atoms with E-state index in [1.807, 2.05) is 53.2 Å². The summed E-state index contributed by atoms with van der Waals surface area (Å²) in [7, 11) is 6.44. The number of anilines is 1. The topological polar surface area (TPSA) is 79.1 Å². The zero-order valence-corrected chi connectivity index (χ0v) is 17.9. The number of para-hydroxylation sites is 1. The van der Waals surface area contributed by atoms with Gasteiger partial charge < -0.3 is 24.3 Å². The van der Waals surface area contributed by atoms with E-state index in [0.717, 1.165) is 28.2 Å². The van der Waals surface area contributed by atoms with Crippen LogP contribution in [0.2, 0.25) is 0 Å². The molecule has 0 atom stereocenters. The third kappa shape index (κ3) is 3.79. The van der Waals surface area contributed by atoms with Crippen LogP contribution >= 0.6 is 0 Å². The van der Waals surface area contributed by atoms with Crippen LogP contribution in [0, 0.1) is 0 Å². The van der Waals surface area contributed by atoms with Crippen LogP contribution in [0.1, 0.15) is 5.56 Å². The van der Waals surface area contributed by atoms with Gasteiger partial charge in [0.2, 0.25) is 5.75 Å². The molecule has 31 heavy (non-hydrogen) atoms. The van der Waals surface area contributed by atoms with Crippen LogP contribution in [0.3, 0.4) is 0 Å². The molecule has 160 valence electrons. The Bertz CT molecular complexity index is 1180. The summed E-state index contributed by atoms with van der Waals surface area (Å²) < 4.78 is 23.8. The first-order valence-corrected chi connectivity index (χ1v) is 9.68. The molecule has 2 aromatic carbocycles. The third-order valence-corrected chi connectivity index (χ3v) is 5.00. The number of hydrogen-bond acceptors (Lipinski definition) is 7. The number of nitrogens with one attached hydrogen (secondary N) is 1.